The lowest BCUT2D eigenvalue weighted by atomic mass is 10.0. The SMILES string of the molecule is C.CC(C)CCCCCCc1cnnn1CCCC(C)C.CC(C)CCCCCCc1cnnn1CCCC(C)C.CC(C)CCCCCn1cc(CCCC(C)C)nn1.CC(C)CCCCCn1nncc1CCCCC(C)C.CC(C)CCCCCn1nncc1CCCCC(C)C.CC(C)CCCCc1cnnn1CCC(C)C.CC(C)CCCCc1cnnn1CCC(C)C. The first-order valence-electron chi connectivity index (χ1n) is 55.8. The molecule has 0 fully saturated rings. The Morgan fingerprint density at radius 1 is 0.172 bits per heavy atom. The molecule has 0 unspecified atom stereocenters. The van der Waals surface area contributed by atoms with E-state index >= 15 is 0 Å². The summed E-state index contributed by atoms with van der Waals surface area (Å²) in [5, 5.41) is 58.0. The van der Waals surface area contributed by atoms with Crippen molar-refractivity contribution in [1.29, 1.82) is 0 Å². The van der Waals surface area contributed by atoms with E-state index in [9.17, 15) is 0 Å². The molecule has 0 aromatic carbocycles. The van der Waals surface area contributed by atoms with E-state index in [2.05, 4.69) is 300 Å². The average Bonchev–Trinajstić information content (AvgIpc) is 1.81. The van der Waals surface area contributed by atoms with Crippen LogP contribution >= 0.6 is 0 Å². The topological polar surface area (TPSA) is 215 Å². The third-order valence-corrected chi connectivity index (χ3v) is 24.9. The highest BCUT2D eigenvalue weighted by atomic mass is 15.5. The highest BCUT2D eigenvalue weighted by Gasteiger charge is 2.14. The molecule has 0 saturated heterocycles. The van der Waals surface area contributed by atoms with Crippen LogP contribution < -0.4 is 0 Å². The summed E-state index contributed by atoms with van der Waals surface area (Å²) < 4.78 is 14.6. The molecule has 7 aromatic rings. The second-order valence-electron chi connectivity index (χ2n) is 45.4. The summed E-state index contributed by atoms with van der Waals surface area (Å²) in [7, 11) is 0. The van der Waals surface area contributed by atoms with Crippen molar-refractivity contribution in [1.82, 2.24) is 105 Å². The van der Waals surface area contributed by atoms with Crippen molar-refractivity contribution in [3.05, 3.63) is 83.2 Å². The molecule has 778 valence electrons. The fourth-order valence-corrected chi connectivity index (χ4v) is 16.1. The van der Waals surface area contributed by atoms with Crippen molar-refractivity contribution in [3.63, 3.8) is 0 Å². The number of unbranched alkanes of at least 4 members (excludes halogenated alkanes) is 16. The molecule has 0 N–H and O–H groups in total. The van der Waals surface area contributed by atoms with Crippen molar-refractivity contribution in [2.75, 3.05) is 0 Å². The van der Waals surface area contributed by atoms with E-state index in [0.717, 1.165) is 179 Å². The first-order chi connectivity index (χ1) is 63.6. The van der Waals surface area contributed by atoms with Crippen LogP contribution in [-0.2, 0) is 90.8 Å². The van der Waals surface area contributed by atoms with Crippen molar-refractivity contribution in [2.45, 2.75) is 562 Å². The van der Waals surface area contributed by atoms with E-state index in [1.807, 2.05) is 41.9 Å². The lowest BCUT2D eigenvalue weighted by Crippen LogP contribution is -2.07. The quantitative estimate of drug-likeness (QED) is 0.0324. The van der Waals surface area contributed by atoms with Crippen LogP contribution in [0.3, 0.4) is 0 Å². The summed E-state index contributed by atoms with van der Waals surface area (Å²) >= 11 is 0. The molecule has 0 radical (unpaired) electrons. The molecule has 134 heavy (non-hydrogen) atoms. The molecule has 0 aliphatic carbocycles. The lowest BCUT2D eigenvalue weighted by Gasteiger charge is -2.08. The molecular formula is C113H221N21. The maximum atomic E-state index is 4.25. The van der Waals surface area contributed by atoms with Crippen LogP contribution in [0.2, 0.25) is 0 Å². The monoisotopic (exact) mass is 1870 g/mol. The van der Waals surface area contributed by atoms with Gasteiger partial charge in [-0.15, -0.1) is 35.7 Å². The summed E-state index contributed by atoms with van der Waals surface area (Å²) in [6.45, 7) is 71.2. The Kier molecular flexibility index (Phi) is 80.1. The van der Waals surface area contributed by atoms with Crippen LogP contribution in [0.15, 0.2) is 43.4 Å². The van der Waals surface area contributed by atoms with Gasteiger partial charge in [-0.25, -0.2) is 28.1 Å². The summed E-state index contributed by atoms with van der Waals surface area (Å²) in [5.41, 5.74) is 9.03. The minimum absolute atomic E-state index is 0. The van der Waals surface area contributed by atoms with Crippen LogP contribution in [0.5, 0.6) is 0 Å². The van der Waals surface area contributed by atoms with E-state index in [-0.39, 0.29) is 7.43 Å². The van der Waals surface area contributed by atoms with E-state index in [1.165, 1.54) is 304 Å². The number of hydrogen-bond donors (Lipinski definition) is 0. The summed E-state index contributed by atoms with van der Waals surface area (Å²) in [6, 6.07) is 0. The standard InChI is InChI=1S/4C17H33N3.C16H31N3.2C14H27N3.CH4/c2*1-15(2)10-6-5-9-13-20-17(14-18-19-20)12-8-7-11-16(3)4;2*1-15(2)10-7-5-6-8-12-17-14-18-19-20(17)13-9-11-16(3)4;1-14(2)9-6-5-7-12-19-13-16(17-18-19)11-8-10-15(3)4;2*1-12(2)7-5-6-8-14-11-15-16-17(14)10-9-13(3)4;/h4*14-16H,5-13H2,1-4H3;13-15H,5-12H2,1-4H3;2*11-13H,5-10H2,1-4H3;1H4. The number of rotatable bonds is 70. The number of nitrogens with zero attached hydrogens (tertiary/aromatic N) is 21. The van der Waals surface area contributed by atoms with Gasteiger partial charge in [0.1, 0.15) is 0 Å². The number of aromatic nitrogens is 21. The summed E-state index contributed by atoms with van der Waals surface area (Å²) in [5.74, 6) is 11.3. The third-order valence-electron chi connectivity index (χ3n) is 24.9. The largest absolute Gasteiger partial charge is 0.252 e. The Morgan fingerprint density at radius 2 is 0.351 bits per heavy atom. The number of aryl methyl sites for hydroxylation is 14. The molecule has 0 aliphatic rings. The maximum absolute atomic E-state index is 4.25. The van der Waals surface area contributed by atoms with Gasteiger partial charge in [0.2, 0.25) is 0 Å². The van der Waals surface area contributed by atoms with Gasteiger partial charge in [0.05, 0.1) is 77.0 Å². The van der Waals surface area contributed by atoms with E-state index in [1.54, 1.807) is 0 Å². The summed E-state index contributed by atoms with van der Waals surface area (Å²) in [4.78, 5) is 0. The Morgan fingerprint density at radius 3 is 0.590 bits per heavy atom. The predicted molar refractivity (Wildman–Crippen MR) is 574 cm³/mol. The molecule has 7 aromatic heterocycles. The van der Waals surface area contributed by atoms with Gasteiger partial charge in [-0.2, -0.15) is 0 Å². The van der Waals surface area contributed by atoms with Crippen molar-refractivity contribution in [2.24, 2.45) is 82.9 Å². The second kappa shape index (κ2) is 83.9. The molecule has 21 heteroatoms. The minimum Gasteiger partial charge on any atom is -0.252 e. The molecular weight excluding hydrogens is 1650 g/mol. The van der Waals surface area contributed by atoms with Crippen LogP contribution in [0.25, 0.3) is 0 Å². The minimum atomic E-state index is 0. The highest BCUT2D eigenvalue weighted by molar-refractivity contribution is 4.99. The van der Waals surface area contributed by atoms with Gasteiger partial charge in [0, 0.05) is 52.0 Å². The van der Waals surface area contributed by atoms with Crippen LogP contribution in [-0.4, -0.2) is 105 Å². The highest BCUT2D eigenvalue weighted by Crippen LogP contribution is 2.22. The molecule has 0 atom stereocenters. The van der Waals surface area contributed by atoms with Gasteiger partial charge in [0.15, 0.2) is 0 Å². The zero-order valence-corrected chi connectivity index (χ0v) is 92.6. The zero-order valence-electron chi connectivity index (χ0n) is 92.6. The first-order valence-corrected chi connectivity index (χ1v) is 55.8. The Labute approximate surface area is 828 Å². The van der Waals surface area contributed by atoms with E-state index in [4.69, 9.17) is 0 Å². The van der Waals surface area contributed by atoms with Gasteiger partial charge >= 0.3 is 0 Å². The molecule has 0 bridgehead atoms. The molecule has 0 aliphatic heterocycles. The fourth-order valence-electron chi connectivity index (χ4n) is 16.1. The predicted octanol–water partition coefficient (Wildman–Crippen LogP) is 31.9. The second-order valence-corrected chi connectivity index (χ2v) is 45.4. The molecule has 7 heterocycles. The smallest absolute Gasteiger partial charge is 0.0827 e. The Hall–Kier alpha value is -6.02. The summed E-state index contributed by atoms with van der Waals surface area (Å²) in [6.07, 6.45) is 76.2. The van der Waals surface area contributed by atoms with E-state index < -0.39 is 0 Å². The van der Waals surface area contributed by atoms with Crippen LogP contribution in [0, 0.1) is 82.9 Å². The molecule has 0 saturated carbocycles. The van der Waals surface area contributed by atoms with Gasteiger partial charge in [-0.3, -0.25) is 4.68 Å². The maximum Gasteiger partial charge on any atom is 0.0827 e. The van der Waals surface area contributed by atoms with Crippen LogP contribution in [0.1, 0.15) is 511 Å². The van der Waals surface area contributed by atoms with Crippen molar-refractivity contribution >= 4 is 0 Å². The Bertz CT molecular complexity index is 3400. The average molecular weight is 1870 g/mol. The van der Waals surface area contributed by atoms with Gasteiger partial charge in [0.25, 0.3) is 0 Å². The van der Waals surface area contributed by atoms with Crippen molar-refractivity contribution in [3.8, 4) is 0 Å². The normalized spacial score (nSPS) is 11.6. The number of hydrogen-bond acceptors (Lipinski definition) is 14. The fraction of sp³-hybridized carbons (Fsp3) is 0.876. The molecule has 7 rings (SSSR count). The third kappa shape index (κ3) is 75.9. The molecule has 0 amide bonds. The van der Waals surface area contributed by atoms with Gasteiger partial charge in [-0.05, 0) is 231 Å². The van der Waals surface area contributed by atoms with E-state index in [0.29, 0.717) is 0 Å². The van der Waals surface area contributed by atoms with Gasteiger partial charge in [-0.1, -0.05) is 405 Å². The van der Waals surface area contributed by atoms with Gasteiger partial charge < -0.3 is 0 Å². The van der Waals surface area contributed by atoms with Crippen LogP contribution in [0.4, 0.5) is 0 Å². The van der Waals surface area contributed by atoms with Crippen molar-refractivity contribution < 1.29 is 0 Å². The zero-order chi connectivity index (χ0) is 98.6. The first kappa shape index (κ1) is 128. The lowest BCUT2D eigenvalue weighted by molar-refractivity contribution is 0.461. The molecule has 0 spiro atoms. The molecule has 21 nitrogen and oxygen atoms in total. The Balaban J connectivity index is 0.00000154.